The summed E-state index contributed by atoms with van der Waals surface area (Å²) in [4.78, 5) is 5.36. The Morgan fingerprint density at radius 1 is 0.905 bits per heavy atom. The van der Waals surface area contributed by atoms with Gasteiger partial charge in [0.1, 0.15) is 0 Å². The normalized spacial score (nSPS) is 31.7. The van der Waals surface area contributed by atoms with E-state index in [1.165, 1.54) is 69.4 Å². The first-order valence-electron chi connectivity index (χ1n) is 8.64. The van der Waals surface area contributed by atoms with Gasteiger partial charge < -0.3 is 5.73 Å². The number of hydrogen-bond acceptors (Lipinski definition) is 3. The lowest BCUT2D eigenvalue weighted by Gasteiger charge is -2.41. The first-order chi connectivity index (χ1) is 10.3. The van der Waals surface area contributed by atoms with Gasteiger partial charge in [-0.25, -0.2) is 0 Å². The Hall–Kier alpha value is -0.900. The second-order valence-corrected chi connectivity index (χ2v) is 6.99. The van der Waals surface area contributed by atoms with E-state index in [1.54, 1.807) is 0 Å². The molecule has 3 heteroatoms. The van der Waals surface area contributed by atoms with Crippen molar-refractivity contribution < 1.29 is 0 Å². The third kappa shape index (κ3) is 2.75. The zero-order chi connectivity index (χ0) is 14.2. The fourth-order valence-corrected chi connectivity index (χ4v) is 4.26. The summed E-state index contributed by atoms with van der Waals surface area (Å²) in [5.74, 6) is 0. The molecule has 1 aliphatic heterocycles. The first kappa shape index (κ1) is 13.7. The molecule has 21 heavy (non-hydrogen) atoms. The van der Waals surface area contributed by atoms with Gasteiger partial charge in [-0.2, -0.15) is 0 Å². The van der Waals surface area contributed by atoms with Crippen LogP contribution in [-0.2, 0) is 6.42 Å². The number of nitrogens with zero attached hydrogens (tertiary/aromatic N) is 2. The van der Waals surface area contributed by atoms with E-state index in [0.29, 0.717) is 6.04 Å². The second-order valence-electron chi connectivity index (χ2n) is 6.99. The summed E-state index contributed by atoms with van der Waals surface area (Å²) in [6, 6.07) is 10.5. The van der Waals surface area contributed by atoms with Crippen molar-refractivity contribution >= 4 is 0 Å². The van der Waals surface area contributed by atoms with Gasteiger partial charge in [-0.1, -0.05) is 24.3 Å². The van der Waals surface area contributed by atoms with Gasteiger partial charge in [0.15, 0.2) is 0 Å². The van der Waals surface area contributed by atoms with Crippen LogP contribution in [0, 0.1) is 0 Å². The molecule has 2 N–H and O–H groups in total. The van der Waals surface area contributed by atoms with Crippen LogP contribution in [-0.4, -0.2) is 48.1 Å². The van der Waals surface area contributed by atoms with Gasteiger partial charge in [0, 0.05) is 44.3 Å². The Bertz CT molecular complexity index is 489. The number of rotatable bonds is 2. The summed E-state index contributed by atoms with van der Waals surface area (Å²) >= 11 is 0. The van der Waals surface area contributed by atoms with E-state index in [0.717, 1.165) is 6.04 Å². The Balaban J connectivity index is 1.47. The number of nitrogens with two attached hydrogens (primary N) is 1. The SMILES string of the molecule is NC1c2ccccc2CCCC1N1CCN(C2CC2)CC1. The lowest BCUT2D eigenvalue weighted by molar-refractivity contribution is 0.0769. The maximum absolute atomic E-state index is 6.67. The average Bonchev–Trinajstić information content (AvgIpc) is 3.36. The summed E-state index contributed by atoms with van der Waals surface area (Å²) in [6.07, 6.45) is 6.58. The number of benzene rings is 1. The fourth-order valence-electron chi connectivity index (χ4n) is 4.26. The van der Waals surface area contributed by atoms with Crippen molar-refractivity contribution in [2.45, 2.75) is 50.2 Å². The molecule has 2 atom stereocenters. The van der Waals surface area contributed by atoms with Crippen LogP contribution in [0.4, 0.5) is 0 Å². The molecule has 1 saturated heterocycles. The third-order valence-corrected chi connectivity index (χ3v) is 5.66. The Kier molecular flexibility index (Phi) is 3.74. The average molecular weight is 285 g/mol. The Morgan fingerprint density at radius 3 is 2.38 bits per heavy atom. The molecule has 0 spiro atoms. The molecule has 0 radical (unpaired) electrons. The molecule has 114 valence electrons. The molecular formula is C18H27N3. The maximum atomic E-state index is 6.67. The van der Waals surface area contributed by atoms with Gasteiger partial charge in [0.2, 0.25) is 0 Å². The summed E-state index contributed by atoms with van der Waals surface area (Å²) in [6.45, 7) is 4.90. The Labute approximate surface area is 128 Å². The minimum absolute atomic E-state index is 0.191. The van der Waals surface area contributed by atoms with Crippen LogP contribution in [0.25, 0.3) is 0 Å². The van der Waals surface area contributed by atoms with Gasteiger partial charge >= 0.3 is 0 Å². The second kappa shape index (κ2) is 5.71. The van der Waals surface area contributed by atoms with Crippen LogP contribution in [0.3, 0.4) is 0 Å². The highest BCUT2D eigenvalue weighted by atomic mass is 15.3. The molecule has 0 aromatic heterocycles. The highest BCUT2D eigenvalue weighted by molar-refractivity contribution is 5.32. The van der Waals surface area contributed by atoms with Gasteiger partial charge in [0.05, 0.1) is 0 Å². The first-order valence-corrected chi connectivity index (χ1v) is 8.64. The summed E-state index contributed by atoms with van der Waals surface area (Å²) in [7, 11) is 0. The van der Waals surface area contributed by atoms with Crippen molar-refractivity contribution in [3.05, 3.63) is 35.4 Å². The predicted octanol–water partition coefficient (Wildman–Crippen LogP) is 2.17. The van der Waals surface area contributed by atoms with Crippen molar-refractivity contribution in [3.63, 3.8) is 0 Å². The van der Waals surface area contributed by atoms with E-state index in [4.69, 9.17) is 5.73 Å². The van der Waals surface area contributed by atoms with E-state index in [-0.39, 0.29) is 6.04 Å². The molecule has 0 bridgehead atoms. The lowest BCUT2D eigenvalue weighted by Crippen LogP contribution is -2.53. The van der Waals surface area contributed by atoms with E-state index in [1.807, 2.05) is 0 Å². The number of piperazine rings is 1. The fraction of sp³-hybridized carbons (Fsp3) is 0.667. The summed E-state index contributed by atoms with van der Waals surface area (Å²) in [5.41, 5.74) is 9.54. The number of hydrogen-bond donors (Lipinski definition) is 1. The third-order valence-electron chi connectivity index (χ3n) is 5.66. The molecule has 3 nitrogen and oxygen atoms in total. The van der Waals surface area contributed by atoms with E-state index < -0.39 is 0 Å². The highest BCUT2D eigenvalue weighted by Crippen LogP contribution is 2.32. The smallest absolute Gasteiger partial charge is 0.0455 e. The van der Waals surface area contributed by atoms with Crippen molar-refractivity contribution in [1.82, 2.24) is 9.80 Å². The van der Waals surface area contributed by atoms with Crippen molar-refractivity contribution in [2.75, 3.05) is 26.2 Å². The molecule has 4 rings (SSSR count). The van der Waals surface area contributed by atoms with Crippen LogP contribution in [0.5, 0.6) is 0 Å². The molecule has 2 fully saturated rings. The van der Waals surface area contributed by atoms with Crippen molar-refractivity contribution in [2.24, 2.45) is 5.73 Å². The molecule has 1 heterocycles. The van der Waals surface area contributed by atoms with Crippen molar-refractivity contribution in [3.8, 4) is 0 Å². The molecule has 3 aliphatic rings. The predicted molar refractivity (Wildman–Crippen MR) is 86.3 cm³/mol. The molecular weight excluding hydrogens is 258 g/mol. The Morgan fingerprint density at radius 2 is 1.62 bits per heavy atom. The summed E-state index contributed by atoms with van der Waals surface area (Å²) < 4.78 is 0. The molecule has 0 amide bonds. The van der Waals surface area contributed by atoms with Crippen LogP contribution < -0.4 is 5.73 Å². The van der Waals surface area contributed by atoms with E-state index in [2.05, 4.69) is 34.1 Å². The topological polar surface area (TPSA) is 32.5 Å². The quantitative estimate of drug-likeness (QED) is 0.845. The molecule has 2 aliphatic carbocycles. The van der Waals surface area contributed by atoms with Gasteiger partial charge in [-0.3, -0.25) is 9.80 Å². The van der Waals surface area contributed by atoms with Gasteiger partial charge in [0.25, 0.3) is 0 Å². The highest BCUT2D eigenvalue weighted by Gasteiger charge is 2.35. The van der Waals surface area contributed by atoms with Gasteiger partial charge in [-0.05, 0) is 43.2 Å². The number of fused-ring (bicyclic) bond motifs is 1. The monoisotopic (exact) mass is 285 g/mol. The minimum atomic E-state index is 0.191. The van der Waals surface area contributed by atoms with E-state index >= 15 is 0 Å². The van der Waals surface area contributed by atoms with Crippen LogP contribution >= 0.6 is 0 Å². The zero-order valence-electron chi connectivity index (χ0n) is 12.9. The molecule has 1 saturated carbocycles. The molecule has 1 aromatic carbocycles. The van der Waals surface area contributed by atoms with Gasteiger partial charge in [-0.15, -0.1) is 0 Å². The van der Waals surface area contributed by atoms with Crippen molar-refractivity contribution in [1.29, 1.82) is 0 Å². The largest absolute Gasteiger partial charge is 0.323 e. The number of aryl methyl sites for hydroxylation is 1. The summed E-state index contributed by atoms with van der Waals surface area (Å²) in [5, 5.41) is 0. The standard InChI is InChI=1S/C18H27N3/c19-18-16-6-2-1-4-14(16)5-3-7-17(18)21-12-10-20(11-13-21)15-8-9-15/h1-2,4,6,15,17-18H,3,5,7-13,19H2. The van der Waals surface area contributed by atoms with Crippen LogP contribution in [0.2, 0.25) is 0 Å². The lowest BCUT2D eigenvalue weighted by atomic mass is 9.95. The van der Waals surface area contributed by atoms with Crippen LogP contribution in [0.1, 0.15) is 42.9 Å². The molecule has 2 unspecified atom stereocenters. The maximum Gasteiger partial charge on any atom is 0.0455 e. The molecule has 1 aromatic rings. The zero-order valence-corrected chi connectivity index (χ0v) is 12.9. The minimum Gasteiger partial charge on any atom is -0.323 e. The van der Waals surface area contributed by atoms with Crippen LogP contribution in [0.15, 0.2) is 24.3 Å². The van der Waals surface area contributed by atoms with E-state index in [9.17, 15) is 0 Å².